The second-order valence-electron chi connectivity index (χ2n) is 3.48. The average Bonchev–Trinajstić information content (AvgIpc) is 2.28. The van der Waals surface area contributed by atoms with Crippen LogP contribution >= 0.6 is 15.9 Å². The Kier molecular flexibility index (Phi) is 5.69. The van der Waals surface area contributed by atoms with E-state index in [1.165, 1.54) is 7.11 Å². The SMILES string of the molecule is COC(=O)CCNC(=O)Cc1cccc(Br)c1. The summed E-state index contributed by atoms with van der Waals surface area (Å²) >= 11 is 3.34. The minimum absolute atomic E-state index is 0.105. The van der Waals surface area contributed by atoms with Crippen LogP contribution in [-0.4, -0.2) is 25.5 Å². The molecule has 0 saturated heterocycles. The number of halogens is 1. The van der Waals surface area contributed by atoms with Gasteiger partial charge >= 0.3 is 5.97 Å². The fraction of sp³-hybridized carbons (Fsp3) is 0.333. The minimum atomic E-state index is -0.326. The van der Waals surface area contributed by atoms with Gasteiger partial charge < -0.3 is 10.1 Å². The highest BCUT2D eigenvalue weighted by Crippen LogP contribution is 2.11. The summed E-state index contributed by atoms with van der Waals surface area (Å²) in [6.45, 7) is 0.305. The van der Waals surface area contributed by atoms with E-state index in [0.29, 0.717) is 13.0 Å². The number of esters is 1. The number of nitrogens with one attached hydrogen (secondary N) is 1. The molecule has 0 fully saturated rings. The van der Waals surface area contributed by atoms with Crippen LogP contribution in [0, 0.1) is 0 Å². The number of benzene rings is 1. The van der Waals surface area contributed by atoms with Gasteiger partial charge in [0.2, 0.25) is 5.91 Å². The van der Waals surface area contributed by atoms with Crippen LogP contribution in [0.1, 0.15) is 12.0 Å². The van der Waals surface area contributed by atoms with Crippen molar-refractivity contribution in [2.75, 3.05) is 13.7 Å². The first-order valence-corrected chi connectivity index (χ1v) is 5.99. The van der Waals surface area contributed by atoms with Crippen LogP contribution in [-0.2, 0) is 20.7 Å². The molecule has 0 aromatic heterocycles. The van der Waals surface area contributed by atoms with Gasteiger partial charge in [-0.05, 0) is 17.7 Å². The van der Waals surface area contributed by atoms with Crippen LogP contribution in [0.2, 0.25) is 0 Å². The van der Waals surface area contributed by atoms with Crippen molar-refractivity contribution in [3.63, 3.8) is 0 Å². The molecular formula is C12H14BrNO3. The molecule has 0 aliphatic heterocycles. The first kappa shape index (κ1) is 13.7. The van der Waals surface area contributed by atoms with Crippen LogP contribution in [0.4, 0.5) is 0 Å². The summed E-state index contributed by atoms with van der Waals surface area (Å²) in [5, 5.41) is 2.66. The molecule has 0 saturated carbocycles. The predicted octanol–water partition coefficient (Wildman–Crippen LogP) is 1.67. The zero-order valence-corrected chi connectivity index (χ0v) is 11.1. The van der Waals surface area contributed by atoms with Gasteiger partial charge in [-0.25, -0.2) is 0 Å². The fourth-order valence-corrected chi connectivity index (χ4v) is 1.75. The smallest absolute Gasteiger partial charge is 0.307 e. The fourth-order valence-electron chi connectivity index (χ4n) is 1.30. The van der Waals surface area contributed by atoms with Crippen LogP contribution in [0.15, 0.2) is 28.7 Å². The third-order valence-corrected chi connectivity index (χ3v) is 2.63. The maximum Gasteiger partial charge on any atom is 0.307 e. The number of hydrogen-bond donors (Lipinski definition) is 1. The Morgan fingerprint density at radius 3 is 2.82 bits per heavy atom. The van der Waals surface area contributed by atoms with Crippen molar-refractivity contribution in [2.24, 2.45) is 0 Å². The Labute approximate surface area is 108 Å². The van der Waals surface area contributed by atoms with Crippen molar-refractivity contribution >= 4 is 27.8 Å². The zero-order valence-electron chi connectivity index (χ0n) is 9.53. The van der Waals surface area contributed by atoms with Gasteiger partial charge in [0.1, 0.15) is 0 Å². The van der Waals surface area contributed by atoms with Crippen molar-refractivity contribution in [2.45, 2.75) is 12.8 Å². The van der Waals surface area contributed by atoms with E-state index in [0.717, 1.165) is 10.0 Å². The van der Waals surface area contributed by atoms with Crippen molar-refractivity contribution in [1.29, 1.82) is 0 Å². The maximum atomic E-state index is 11.5. The number of rotatable bonds is 5. The van der Waals surface area contributed by atoms with Gasteiger partial charge in [-0.1, -0.05) is 28.1 Å². The molecule has 1 amide bonds. The van der Waals surface area contributed by atoms with Crippen LogP contribution in [0.5, 0.6) is 0 Å². The highest BCUT2D eigenvalue weighted by atomic mass is 79.9. The normalized spacial score (nSPS) is 9.76. The van der Waals surface area contributed by atoms with Gasteiger partial charge in [0, 0.05) is 11.0 Å². The number of methoxy groups -OCH3 is 1. The molecule has 1 N–H and O–H groups in total. The molecule has 5 heteroatoms. The van der Waals surface area contributed by atoms with Crippen LogP contribution < -0.4 is 5.32 Å². The molecule has 0 heterocycles. The molecule has 0 spiro atoms. The summed E-state index contributed by atoms with van der Waals surface area (Å²) in [6, 6.07) is 7.55. The third-order valence-electron chi connectivity index (χ3n) is 2.13. The number of amides is 1. The molecule has 0 bridgehead atoms. The van der Waals surface area contributed by atoms with Gasteiger partial charge in [0.25, 0.3) is 0 Å². The molecule has 4 nitrogen and oxygen atoms in total. The Balaban J connectivity index is 2.32. The summed E-state index contributed by atoms with van der Waals surface area (Å²) in [5.41, 5.74) is 0.926. The average molecular weight is 300 g/mol. The topological polar surface area (TPSA) is 55.4 Å². The van der Waals surface area contributed by atoms with Gasteiger partial charge in [0.05, 0.1) is 20.0 Å². The lowest BCUT2D eigenvalue weighted by Crippen LogP contribution is -2.27. The van der Waals surface area contributed by atoms with E-state index in [9.17, 15) is 9.59 Å². The second-order valence-corrected chi connectivity index (χ2v) is 4.40. The predicted molar refractivity (Wildman–Crippen MR) is 67.5 cm³/mol. The van der Waals surface area contributed by atoms with E-state index in [-0.39, 0.29) is 18.3 Å². The monoisotopic (exact) mass is 299 g/mol. The quantitative estimate of drug-likeness (QED) is 0.842. The Hall–Kier alpha value is -1.36. The molecular weight excluding hydrogens is 286 g/mol. The summed E-state index contributed by atoms with van der Waals surface area (Å²) in [5.74, 6) is -0.431. The lowest BCUT2D eigenvalue weighted by Gasteiger charge is -2.04. The van der Waals surface area contributed by atoms with E-state index >= 15 is 0 Å². The first-order valence-electron chi connectivity index (χ1n) is 5.20. The highest BCUT2D eigenvalue weighted by Gasteiger charge is 2.05. The van der Waals surface area contributed by atoms with Gasteiger partial charge in [0.15, 0.2) is 0 Å². The standard InChI is InChI=1S/C12H14BrNO3/c1-17-12(16)5-6-14-11(15)8-9-3-2-4-10(13)7-9/h2-4,7H,5-6,8H2,1H3,(H,14,15). The first-order chi connectivity index (χ1) is 8.11. The molecule has 1 aromatic rings. The van der Waals surface area contributed by atoms with Crippen LogP contribution in [0.3, 0.4) is 0 Å². The summed E-state index contributed by atoms with van der Waals surface area (Å²) in [4.78, 5) is 22.3. The lowest BCUT2D eigenvalue weighted by atomic mass is 10.1. The lowest BCUT2D eigenvalue weighted by molar-refractivity contribution is -0.140. The molecule has 0 atom stereocenters. The molecule has 1 aromatic carbocycles. The number of carbonyl (C=O) groups is 2. The second kappa shape index (κ2) is 7.06. The largest absolute Gasteiger partial charge is 0.469 e. The molecule has 17 heavy (non-hydrogen) atoms. The van der Waals surface area contributed by atoms with E-state index in [1.54, 1.807) is 0 Å². The van der Waals surface area contributed by atoms with E-state index in [1.807, 2.05) is 24.3 Å². The van der Waals surface area contributed by atoms with Gasteiger partial charge in [-0.3, -0.25) is 9.59 Å². The minimum Gasteiger partial charge on any atom is -0.469 e. The molecule has 0 unspecified atom stereocenters. The van der Waals surface area contributed by atoms with E-state index in [4.69, 9.17) is 0 Å². The maximum absolute atomic E-state index is 11.5. The summed E-state index contributed by atoms with van der Waals surface area (Å²) in [7, 11) is 1.33. The van der Waals surface area contributed by atoms with Crippen molar-refractivity contribution in [1.82, 2.24) is 5.32 Å². The molecule has 0 aliphatic rings. The number of hydrogen-bond acceptors (Lipinski definition) is 3. The highest BCUT2D eigenvalue weighted by molar-refractivity contribution is 9.10. The van der Waals surface area contributed by atoms with Crippen LogP contribution in [0.25, 0.3) is 0 Å². The molecule has 0 aliphatic carbocycles. The Bertz CT molecular complexity index is 406. The van der Waals surface area contributed by atoms with Crippen molar-refractivity contribution in [3.8, 4) is 0 Å². The van der Waals surface area contributed by atoms with Gasteiger partial charge in [-0.2, -0.15) is 0 Å². The number of ether oxygens (including phenoxy) is 1. The van der Waals surface area contributed by atoms with E-state index in [2.05, 4.69) is 26.0 Å². The third kappa shape index (κ3) is 5.49. The molecule has 1 rings (SSSR count). The summed E-state index contributed by atoms with van der Waals surface area (Å²) < 4.78 is 5.41. The summed E-state index contributed by atoms with van der Waals surface area (Å²) in [6.07, 6.45) is 0.501. The Morgan fingerprint density at radius 2 is 2.18 bits per heavy atom. The van der Waals surface area contributed by atoms with Gasteiger partial charge in [-0.15, -0.1) is 0 Å². The molecule has 92 valence electrons. The van der Waals surface area contributed by atoms with E-state index < -0.39 is 0 Å². The zero-order chi connectivity index (χ0) is 12.7. The Morgan fingerprint density at radius 1 is 1.41 bits per heavy atom. The molecule has 0 radical (unpaired) electrons. The van der Waals surface area contributed by atoms with Crippen molar-refractivity contribution < 1.29 is 14.3 Å². The van der Waals surface area contributed by atoms with Crippen molar-refractivity contribution in [3.05, 3.63) is 34.3 Å². The number of carbonyl (C=O) groups excluding carboxylic acids is 2.